The smallest absolute Gasteiger partial charge is 0.219 e. The first-order chi connectivity index (χ1) is 7.76. The molecular formula is C14H23NO. The molecule has 0 aromatic carbocycles. The van der Waals surface area contributed by atoms with Gasteiger partial charge in [-0.25, -0.2) is 0 Å². The normalized spacial score (nSPS) is 44.7. The average molecular weight is 221 g/mol. The van der Waals surface area contributed by atoms with Gasteiger partial charge in [0.05, 0.1) is 0 Å². The Balaban J connectivity index is 1.61. The van der Waals surface area contributed by atoms with Crippen LogP contribution >= 0.6 is 0 Å². The van der Waals surface area contributed by atoms with Gasteiger partial charge in [0.2, 0.25) is 5.91 Å². The van der Waals surface area contributed by atoms with Gasteiger partial charge in [-0.05, 0) is 61.7 Å². The van der Waals surface area contributed by atoms with E-state index in [-0.39, 0.29) is 5.91 Å². The van der Waals surface area contributed by atoms with Crippen LogP contribution in [-0.4, -0.2) is 12.5 Å². The van der Waals surface area contributed by atoms with Crippen LogP contribution < -0.4 is 5.32 Å². The largest absolute Gasteiger partial charge is 0.356 e. The Labute approximate surface area is 98.2 Å². The first-order valence-electron chi connectivity index (χ1n) is 7.03. The molecule has 4 aliphatic carbocycles. The predicted octanol–water partition coefficient (Wildman–Crippen LogP) is 2.58. The van der Waals surface area contributed by atoms with E-state index >= 15 is 0 Å². The molecule has 16 heavy (non-hydrogen) atoms. The second-order valence-electron chi connectivity index (χ2n) is 6.25. The van der Waals surface area contributed by atoms with Crippen molar-refractivity contribution in [3.63, 3.8) is 0 Å². The predicted molar refractivity (Wildman–Crippen MR) is 63.8 cm³/mol. The minimum absolute atomic E-state index is 0.230. The Morgan fingerprint density at radius 3 is 2.12 bits per heavy atom. The number of amides is 1. The number of hydrogen-bond acceptors (Lipinski definition) is 1. The van der Waals surface area contributed by atoms with E-state index in [1.165, 1.54) is 32.1 Å². The maximum Gasteiger partial charge on any atom is 0.219 e. The third kappa shape index (κ3) is 1.76. The number of carbonyl (C=O) groups is 1. The monoisotopic (exact) mass is 221 g/mol. The van der Waals surface area contributed by atoms with E-state index in [0.717, 1.165) is 36.1 Å². The van der Waals surface area contributed by atoms with Crippen molar-refractivity contribution in [2.24, 2.45) is 29.6 Å². The fraction of sp³-hybridized carbons (Fsp3) is 0.929. The zero-order valence-corrected chi connectivity index (χ0v) is 10.2. The molecule has 0 aliphatic heterocycles. The van der Waals surface area contributed by atoms with Gasteiger partial charge in [-0.3, -0.25) is 4.79 Å². The van der Waals surface area contributed by atoms with Crippen LogP contribution in [0.1, 0.15) is 45.4 Å². The van der Waals surface area contributed by atoms with Gasteiger partial charge >= 0.3 is 0 Å². The number of nitrogens with one attached hydrogen (secondary N) is 1. The van der Waals surface area contributed by atoms with Gasteiger partial charge in [0.1, 0.15) is 0 Å². The summed E-state index contributed by atoms with van der Waals surface area (Å²) < 4.78 is 0. The lowest BCUT2D eigenvalue weighted by Gasteiger charge is -2.54. The van der Waals surface area contributed by atoms with Gasteiger partial charge in [0.15, 0.2) is 0 Å². The summed E-state index contributed by atoms with van der Waals surface area (Å²) in [5.41, 5.74) is 0. The summed E-state index contributed by atoms with van der Waals surface area (Å²) in [5.74, 6) is 5.00. The Morgan fingerprint density at radius 2 is 1.62 bits per heavy atom. The van der Waals surface area contributed by atoms with Crippen molar-refractivity contribution in [2.45, 2.75) is 45.4 Å². The molecule has 1 amide bonds. The first-order valence-corrected chi connectivity index (χ1v) is 7.03. The van der Waals surface area contributed by atoms with Crippen LogP contribution in [0.3, 0.4) is 0 Å². The van der Waals surface area contributed by atoms with Gasteiger partial charge < -0.3 is 5.32 Å². The van der Waals surface area contributed by atoms with Crippen LogP contribution in [0.2, 0.25) is 0 Å². The number of rotatable bonds is 3. The summed E-state index contributed by atoms with van der Waals surface area (Å²) in [6, 6.07) is 0. The molecule has 1 N–H and O–H groups in total. The highest BCUT2D eigenvalue weighted by Gasteiger charge is 2.47. The lowest BCUT2D eigenvalue weighted by atomic mass is 9.52. The van der Waals surface area contributed by atoms with E-state index < -0.39 is 0 Å². The van der Waals surface area contributed by atoms with E-state index in [2.05, 4.69) is 5.32 Å². The second kappa shape index (κ2) is 4.05. The van der Waals surface area contributed by atoms with Gasteiger partial charge in [0.25, 0.3) is 0 Å². The summed E-state index contributed by atoms with van der Waals surface area (Å²) in [6.45, 7) is 2.90. The highest BCUT2D eigenvalue weighted by molar-refractivity contribution is 5.75. The van der Waals surface area contributed by atoms with E-state index in [1.807, 2.05) is 6.92 Å². The molecule has 0 unspecified atom stereocenters. The quantitative estimate of drug-likeness (QED) is 0.779. The van der Waals surface area contributed by atoms with Gasteiger partial charge in [-0.2, -0.15) is 0 Å². The Bertz CT molecular complexity index is 258. The SMILES string of the molecule is CCC(=O)NCC1C2CC3CC(C2)CC1C3. The van der Waals surface area contributed by atoms with Crippen LogP contribution in [0.15, 0.2) is 0 Å². The molecule has 0 aromatic rings. The summed E-state index contributed by atoms with van der Waals surface area (Å²) in [6.07, 6.45) is 7.98. The van der Waals surface area contributed by atoms with Gasteiger partial charge in [-0.15, -0.1) is 0 Å². The molecular weight excluding hydrogens is 198 g/mol. The Hall–Kier alpha value is -0.530. The highest BCUT2D eigenvalue weighted by atomic mass is 16.1. The Kier molecular flexibility index (Phi) is 2.68. The zero-order chi connectivity index (χ0) is 11.1. The molecule has 4 saturated carbocycles. The molecule has 2 nitrogen and oxygen atoms in total. The van der Waals surface area contributed by atoms with Gasteiger partial charge in [0, 0.05) is 13.0 Å². The van der Waals surface area contributed by atoms with Crippen molar-refractivity contribution in [3.05, 3.63) is 0 Å². The summed E-state index contributed by atoms with van der Waals surface area (Å²) in [7, 11) is 0. The van der Waals surface area contributed by atoms with Crippen molar-refractivity contribution >= 4 is 5.91 Å². The molecule has 0 saturated heterocycles. The van der Waals surface area contributed by atoms with Crippen LogP contribution in [0.5, 0.6) is 0 Å². The summed E-state index contributed by atoms with van der Waals surface area (Å²) in [4.78, 5) is 11.3. The summed E-state index contributed by atoms with van der Waals surface area (Å²) >= 11 is 0. The maximum absolute atomic E-state index is 11.3. The van der Waals surface area contributed by atoms with Crippen molar-refractivity contribution in [2.75, 3.05) is 6.54 Å². The van der Waals surface area contributed by atoms with Crippen LogP contribution in [0.4, 0.5) is 0 Å². The highest BCUT2D eigenvalue weighted by Crippen LogP contribution is 2.56. The molecule has 0 heterocycles. The van der Waals surface area contributed by atoms with E-state index in [1.54, 1.807) is 0 Å². The topological polar surface area (TPSA) is 29.1 Å². The van der Waals surface area contributed by atoms with Crippen molar-refractivity contribution < 1.29 is 4.79 Å². The number of carbonyl (C=O) groups excluding carboxylic acids is 1. The molecule has 0 spiro atoms. The molecule has 4 bridgehead atoms. The lowest BCUT2D eigenvalue weighted by Crippen LogP contribution is -2.49. The third-order valence-corrected chi connectivity index (χ3v) is 5.28. The van der Waals surface area contributed by atoms with Crippen molar-refractivity contribution in [3.8, 4) is 0 Å². The minimum Gasteiger partial charge on any atom is -0.356 e. The fourth-order valence-electron chi connectivity index (χ4n) is 4.73. The molecule has 4 fully saturated rings. The molecule has 0 aromatic heterocycles. The van der Waals surface area contributed by atoms with Crippen LogP contribution in [-0.2, 0) is 4.79 Å². The lowest BCUT2D eigenvalue weighted by molar-refractivity contribution is -0.121. The average Bonchev–Trinajstić information content (AvgIpc) is 2.26. The molecule has 4 aliphatic rings. The molecule has 2 heteroatoms. The molecule has 4 rings (SSSR count). The zero-order valence-electron chi connectivity index (χ0n) is 10.2. The minimum atomic E-state index is 0.230. The van der Waals surface area contributed by atoms with Gasteiger partial charge in [-0.1, -0.05) is 6.92 Å². The van der Waals surface area contributed by atoms with Crippen molar-refractivity contribution in [1.82, 2.24) is 5.32 Å². The second-order valence-corrected chi connectivity index (χ2v) is 6.25. The molecule has 90 valence electrons. The van der Waals surface area contributed by atoms with Crippen LogP contribution in [0.25, 0.3) is 0 Å². The van der Waals surface area contributed by atoms with E-state index in [4.69, 9.17) is 0 Å². The van der Waals surface area contributed by atoms with Crippen LogP contribution in [0, 0.1) is 29.6 Å². The molecule has 0 atom stereocenters. The molecule has 0 radical (unpaired) electrons. The Morgan fingerprint density at radius 1 is 1.06 bits per heavy atom. The third-order valence-electron chi connectivity index (χ3n) is 5.28. The van der Waals surface area contributed by atoms with E-state index in [0.29, 0.717) is 6.42 Å². The standard InChI is InChI=1S/C14H23NO/c1-2-14(16)15-8-13-11-4-9-3-10(6-11)7-12(13)5-9/h9-13H,2-8H2,1H3,(H,15,16). The van der Waals surface area contributed by atoms with Crippen molar-refractivity contribution in [1.29, 1.82) is 0 Å². The first kappa shape index (κ1) is 10.6. The number of hydrogen-bond donors (Lipinski definition) is 1. The van der Waals surface area contributed by atoms with E-state index in [9.17, 15) is 4.79 Å². The fourth-order valence-corrected chi connectivity index (χ4v) is 4.73. The maximum atomic E-state index is 11.3. The summed E-state index contributed by atoms with van der Waals surface area (Å²) in [5, 5.41) is 3.12.